The Balaban J connectivity index is 1.53. The lowest BCUT2D eigenvalue weighted by Crippen LogP contribution is -2.22. The van der Waals surface area contributed by atoms with Crippen LogP contribution < -0.4 is 5.32 Å². The molecule has 166 valence electrons. The van der Waals surface area contributed by atoms with Crippen molar-refractivity contribution in [1.29, 1.82) is 0 Å². The molecule has 0 radical (unpaired) electrons. The zero-order valence-electron chi connectivity index (χ0n) is 18.3. The average molecular weight is 453 g/mol. The molecule has 0 saturated carbocycles. The molecule has 8 nitrogen and oxygen atoms in total. The Morgan fingerprint density at radius 2 is 1.91 bits per heavy atom. The topological polar surface area (TPSA) is 93.5 Å². The van der Waals surface area contributed by atoms with Crippen molar-refractivity contribution in [2.24, 2.45) is 0 Å². The van der Waals surface area contributed by atoms with Gasteiger partial charge in [0, 0.05) is 54.4 Å². The highest BCUT2D eigenvalue weighted by molar-refractivity contribution is 7.12. The van der Waals surface area contributed by atoms with E-state index in [2.05, 4.69) is 10.3 Å². The zero-order valence-corrected chi connectivity index (χ0v) is 19.1. The SMILES string of the molecule is Cc1cc(/C=C/C(=O)OCC(=O)Nc2ccc(C(=O)N(C)C)cc2)c(C)n1-c1nccs1. The minimum atomic E-state index is -0.619. The number of rotatable bonds is 7. The van der Waals surface area contributed by atoms with Gasteiger partial charge in [-0.25, -0.2) is 9.78 Å². The predicted molar refractivity (Wildman–Crippen MR) is 124 cm³/mol. The third kappa shape index (κ3) is 5.50. The number of carbonyl (C=O) groups excluding carboxylic acids is 3. The van der Waals surface area contributed by atoms with Crippen LogP contribution in [0.1, 0.15) is 27.3 Å². The third-order valence-electron chi connectivity index (χ3n) is 4.65. The maximum Gasteiger partial charge on any atom is 0.331 e. The number of amides is 2. The lowest BCUT2D eigenvalue weighted by Gasteiger charge is -2.11. The fourth-order valence-electron chi connectivity index (χ4n) is 3.07. The Kier molecular flexibility index (Phi) is 7.21. The van der Waals surface area contributed by atoms with E-state index in [0.29, 0.717) is 11.3 Å². The summed E-state index contributed by atoms with van der Waals surface area (Å²) in [6.07, 6.45) is 4.70. The summed E-state index contributed by atoms with van der Waals surface area (Å²) in [5, 5.41) is 5.39. The van der Waals surface area contributed by atoms with Gasteiger partial charge in [0.1, 0.15) is 0 Å². The first kappa shape index (κ1) is 23.0. The quantitative estimate of drug-likeness (QED) is 0.438. The molecule has 0 aliphatic rings. The second-order valence-corrected chi connectivity index (χ2v) is 8.12. The number of hydrogen-bond donors (Lipinski definition) is 1. The normalized spacial score (nSPS) is 10.9. The van der Waals surface area contributed by atoms with Crippen LogP contribution >= 0.6 is 11.3 Å². The van der Waals surface area contributed by atoms with Gasteiger partial charge in [0.15, 0.2) is 11.7 Å². The molecular formula is C23H24N4O4S. The van der Waals surface area contributed by atoms with Crippen molar-refractivity contribution < 1.29 is 19.1 Å². The summed E-state index contributed by atoms with van der Waals surface area (Å²) in [6.45, 7) is 3.50. The minimum absolute atomic E-state index is 0.129. The highest BCUT2D eigenvalue weighted by Gasteiger charge is 2.12. The minimum Gasteiger partial charge on any atom is -0.452 e. The molecule has 0 spiro atoms. The van der Waals surface area contributed by atoms with Crippen LogP contribution in [0.4, 0.5) is 5.69 Å². The number of ether oxygens (including phenoxy) is 1. The fourth-order valence-corrected chi connectivity index (χ4v) is 3.82. The summed E-state index contributed by atoms with van der Waals surface area (Å²) in [7, 11) is 3.33. The molecule has 1 aromatic carbocycles. The molecule has 0 fully saturated rings. The number of thiazole rings is 1. The van der Waals surface area contributed by atoms with Crippen LogP contribution in [0.2, 0.25) is 0 Å². The number of aryl methyl sites for hydroxylation is 1. The lowest BCUT2D eigenvalue weighted by atomic mass is 10.2. The molecule has 0 aliphatic heterocycles. The first-order valence-corrected chi connectivity index (χ1v) is 10.7. The number of anilines is 1. The molecule has 2 amide bonds. The second-order valence-electron chi connectivity index (χ2n) is 7.24. The summed E-state index contributed by atoms with van der Waals surface area (Å²) in [4.78, 5) is 41.8. The number of aromatic nitrogens is 2. The van der Waals surface area contributed by atoms with E-state index < -0.39 is 18.5 Å². The number of benzene rings is 1. The number of nitrogens with one attached hydrogen (secondary N) is 1. The highest BCUT2D eigenvalue weighted by Crippen LogP contribution is 2.23. The zero-order chi connectivity index (χ0) is 23.3. The monoisotopic (exact) mass is 452 g/mol. The molecule has 1 N–H and O–H groups in total. The van der Waals surface area contributed by atoms with E-state index in [4.69, 9.17) is 4.74 Å². The van der Waals surface area contributed by atoms with Crippen LogP contribution in [0.5, 0.6) is 0 Å². The predicted octanol–water partition coefficient (Wildman–Crippen LogP) is 3.45. The van der Waals surface area contributed by atoms with Gasteiger partial charge in [-0.1, -0.05) is 0 Å². The van der Waals surface area contributed by atoms with E-state index in [-0.39, 0.29) is 5.91 Å². The Bertz CT molecular complexity index is 1150. The van der Waals surface area contributed by atoms with Crippen molar-refractivity contribution in [3.8, 4) is 5.13 Å². The van der Waals surface area contributed by atoms with E-state index in [1.165, 1.54) is 22.3 Å². The molecule has 0 saturated heterocycles. The molecule has 2 heterocycles. The van der Waals surface area contributed by atoms with Crippen LogP contribution in [0.3, 0.4) is 0 Å². The second kappa shape index (κ2) is 10.1. The number of nitrogens with zero attached hydrogens (tertiary/aromatic N) is 3. The van der Waals surface area contributed by atoms with Crippen LogP contribution in [-0.4, -0.2) is 52.9 Å². The van der Waals surface area contributed by atoms with Crippen molar-refractivity contribution in [3.05, 3.63) is 70.5 Å². The van der Waals surface area contributed by atoms with Gasteiger partial charge in [0.2, 0.25) is 0 Å². The molecule has 3 aromatic rings. The smallest absolute Gasteiger partial charge is 0.331 e. The van der Waals surface area contributed by atoms with Crippen LogP contribution in [0, 0.1) is 13.8 Å². The molecule has 0 unspecified atom stereocenters. The van der Waals surface area contributed by atoms with Crippen molar-refractivity contribution in [1.82, 2.24) is 14.5 Å². The van der Waals surface area contributed by atoms with E-state index in [1.807, 2.05) is 29.9 Å². The maximum absolute atomic E-state index is 12.1. The van der Waals surface area contributed by atoms with E-state index >= 15 is 0 Å². The first-order valence-electron chi connectivity index (χ1n) is 9.81. The van der Waals surface area contributed by atoms with Crippen LogP contribution in [0.25, 0.3) is 11.2 Å². The van der Waals surface area contributed by atoms with Gasteiger partial charge < -0.3 is 15.0 Å². The van der Waals surface area contributed by atoms with Gasteiger partial charge in [-0.3, -0.25) is 14.2 Å². The summed E-state index contributed by atoms with van der Waals surface area (Å²) in [5.74, 6) is -1.22. The molecule has 32 heavy (non-hydrogen) atoms. The summed E-state index contributed by atoms with van der Waals surface area (Å²) < 4.78 is 7.04. The molecule has 9 heteroatoms. The van der Waals surface area contributed by atoms with E-state index in [0.717, 1.165) is 22.1 Å². The van der Waals surface area contributed by atoms with E-state index in [9.17, 15) is 14.4 Å². The lowest BCUT2D eigenvalue weighted by molar-refractivity contribution is -0.142. The molecule has 0 atom stereocenters. The Morgan fingerprint density at radius 1 is 1.19 bits per heavy atom. The fraction of sp³-hybridized carbons (Fsp3) is 0.217. The Labute approximate surface area is 190 Å². The van der Waals surface area contributed by atoms with Crippen LogP contribution in [0.15, 0.2) is 48.0 Å². The molecule has 2 aromatic heterocycles. The van der Waals surface area contributed by atoms with Crippen LogP contribution in [-0.2, 0) is 14.3 Å². The third-order valence-corrected chi connectivity index (χ3v) is 5.40. The first-order chi connectivity index (χ1) is 15.3. The van der Waals surface area contributed by atoms with E-state index in [1.54, 1.807) is 50.6 Å². The molecule has 0 bridgehead atoms. The largest absolute Gasteiger partial charge is 0.452 e. The highest BCUT2D eigenvalue weighted by atomic mass is 32.1. The number of esters is 1. The van der Waals surface area contributed by atoms with Crippen molar-refractivity contribution in [3.63, 3.8) is 0 Å². The Hall–Kier alpha value is -3.72. The summed E-state index contributed by atoms with van der Waals surface area (Å²) >= 11 is 1.53. The summed E-state index contributed by atoms with van der Waals surface area (Å²) in [5.41, 5.74) is 3.84. The van der Waals surface area contributed by atoms with Gasteiger partial charge in [-0.05, 0) is 55.8 Å². The van der Waals surface area contributed by atoms with Crippen molar-refractivity contribution in [2.75, 3.05) is 26.0 Å². The average Bonchev–Trinajstić information content (AvgIpc) is 3.38. The van der Waals surface area contributed by atoms with Crippen molar-refractivity contribution >= 4 is 40.9 Å². The van der Waals surface area contributed by atoms with Gasteiger partial charge in [-0.2, -0.15) is 0 Å². The van der Waals surface area contributed by atoms with Crippen molar-refractivity contribution in [2.45, 2.75) is 13.8 Å². The van der Waals surface area contributed by atoms with Gasteiger partial charge in [0.05, 0.1) is 0 Å². The summed E-state index contributed by atoms with van der Waals surface area (Å²) in [6, 6.07) is 8.44. The number of hydrogen-bond acceptors (Lipinski definition) is 6. The van der Waals surface area contributed by atoms with Gasteiger partial charge in [0.25, 0.3) is 11.8 Å². The standard InChI is InChI=1S/C23H24N4O4S/c1-15-13-18(16(2)27(15)23-24-11-12-32-23)7-10-21(29)31-14-20(28)25-19-8-5-17(6-9-19)22(30)26(3)4/h5-13H,14H2,1-4H3,(H,25,28)/b10-7+. The van der Waals surface area contributed by atoms with Gasteiger partial charge >= 0.3 is 5.97 Å². The molecule has 3 rings (SSSR count). The molecular weight excluding hydrogens is 428 g/mol. The Morgan fingerprint density at radius 3 is 2.53 bits per heavy atom. The molecule has 0 aliphatic carbocycles. The van der Waals surface area contributed by atoms with Gasteiger partial charge in [-0.15, -0.1) is 11.3 Å². The maximum atomic E-state index is 12.1. The number of carbonyl (C=O) groups is 3.